The minimum atomic E-state index is 0.373. The van der Waals surface area contributed by atoms with Crippen molar-refractivity contribution in [3.05, 3.63) is 48.0 Å². The molecule has 0 amide bonds. The van der Waals surface area contributed by atoms with Gasteiger partial charge in [-0.3, -0.25) is 4.99 Å². The molecule has 0 aliphatic carbocycles. The fourth-order valence-corrected chi connectivity index (χ4v) is 2.41. The van der Waals surface area contributed by atoms with Crippen molar-refractivity contribution in [3.8, 4) is 17.2 Å². The smallest absolute Gasteiger partial charge is 0.193 e. The first-order chi connectivity index (χ1) is 12.2. The van der Waals surface area contributed by atoms with Gasteiger partial charge in [-0.2, -0.15) is 0 Å². The van der Waals surface area contributed by atoms with E-state index in [1.807, 2.05) is 36.4 Å². The van der Waals surface area contributed by atoms with Gasteiger partial charge in [-0.1, -0.05) is 12.1 Å². The predicted octanol–water partition coefficient (Wildman–Crippen LogP) is 3.07. The van der Waals surface area contributed by atoms with Crippen molar-refractivity contribution in [2.75, 3.05) is 33.2 Å². The lowest BCUT2D eigenvalue weighted by atomic mass is 10.1. The molecule has 0 saturated carbocycles. The summed E-state index contributed by atoms with van der Waals surface area (Å²) in [4.78, 5) is 4.36. The van der Waals surface area contributed by atoms with Gasteiger partial charge in [0.05, 0.1) is 21.3 Å². The summed E-state index contributed by atoms with van der Waals surface area (Å²) >= 11 is 0. The number of rotatable bonds is 8. The molecule has 0 heterocycles. The summed E-state index contributed by atoms with van der Waals surface area (Å²) in [6.45, 7) is 0.642. The molecule has 0 radical (unpaired) electrons. The molecule has 0 bridgehead atoms. The lowest BCUT2D eigenvalue weighted by Crippen LogP contribution is -2.22. The monoisotopic (exact) mass is 343 g/mol. The number of methoxy groups -OCH3 is 3. The van der Waals surface area contributed by atoms with Crippen LogP contribution >= 0.6 is 0 Å². The Kier molecular flexibility index (Phi) is 6.95. The first kappa shape index (κ1) is 18.4. The first-order valence-corrected chi connectivity index (χ1v) is 8.08. The molecule has 2 aromatic rings. The molecule has 25 heavy (non-hydrogen) atoms. The summed E-state index contributed by atoms with van der Waals surface area (Å²) in [5.74, 6) is 2.55. The highest BCUT2D eigenvalue weighted by Gasteiger charge is 2.05. The first-order valence-electron chi connectivity index (χ1n) is 8.08. The van der Waals surface area contributed by atoms with E-state index in [2.05, 4.69) is 16.4 Å². The maximum Gasteiger partial charge on any atom is 0.193 e. The Morgan fingerprint density at radius 3 is 2.52 bits per heavy atom. The fraction of sp³-hybridized carbons (Fsp3) is 0.316. The van der Waals surface area contributed by atoms with Crippen molar-refractivity contribution in [2.24, 2.45) is 10.7 Å². The van der Waals surface area contributed by atoms with Crippen molar-refractivity contribution in [1.29, 1.82) is 0 Å². The van der Waals surface area contributed by atoms with E-state index in [1.165, 1.54) is 5.56 Å². The Morgan fingerprint density at radius 2 is 1.80 bits per heavy atom. The van der Waals surface area contributed by atoms with E-state index in [-0.39, 0.29) is 0 Å². The van der Waals surface area contributed by atoms with Crippen LogP contribution in [0, 0.1) is 0 Å². The second kappa shape index (κ2) is 9.42. The van der Waals surface area contributed by atoms with Gasteiger partial charge in [0.15, 0.2) is 17.5 Å². The van der Waals surface area contributed by atoms with Crippen LogP contribution in [-0.4, -0.2) is 33.8 Å². The SMILES string of the molecule is COc1cccc(CCCN=C(N)Nc2ccc(OC)c(OC)c2)c1. The highest BCUT2D eigenvalue weighted by atomic mass is 16.5. The summed E-state index contributed by atoms with van der Waals surface area (Å²) in [7, 11) is 4.87. The Labute approximate surface area is 148 Å². The Morgan fingerprint density at radius 1 is 1.00 bits per heavy atom. The molecule has 0 atom stereocenters. The molecular formula is C19H25N3O3. The predicted molar refractivity (Wildman–Crippen MR) is 101 cm³/mol. The number of hydrogen-bond acceptors (Lipinski definition) is 4. The van der Waals surface area contributed by atoms with E-state index >= 15 is 0 Å². The Bertz CT molecular complexity index is 717. The molecule has 0 spiro atoms. The highest BCUT2D eigenvalue weighted by Crippen LogP contribution is 2.29. The number of guanidine groups is 1. The highest BCUT2D eigenvalue weighted by molar-refractivity contribution is 5.92. The quantitative estimate of drug-likeness (QED) is 0.437. The molecule has 0 aromatic heterocycles. The van der Waals surface area contributed by atoms with Gasteiger partial charge in [-0.25, -0.2) is 0 Å². The van der Waals surface area contributed by atoms with E-state index in [0.717, 1.165) is 24.3 Å². The van der Waals surface area contributed by atoms with Gasteiger partial charge in [0.25, 0.3) is 0 Å². The maximum atomic E-state index is 5.94. The van der Waals surface area contributed by atoms with Gasteiger partial charge < -0.3 is 25.3 Å². The number of nitrogens with zero attached hydrogens (tertiary/aromatic N) is 1. The number of ether oxygens (including phenoxy) is 3. The van der Waals surface area contributed by atoms with E-state index in [9.17, 15) is 0 Å². The molecule has 0 unspecified atom stereocenters. The van der Waals surface area contributed by atoms with Gasteiger partial charge >= 0.3 is 0 Å². The molecular weight excluding hydrogens is 318 g/mol. The topological polar surface area (TPSA) is 78.1 Å². The van der Waals surface area contributed by atoms with Gasteiger partial charge in [-0.05, 0) is 42.7 Å². The zero-order valence-electron chi connectivity index (χ0n) is 14.9. The van der Waals surface area contributed by atoms with Crippen LogP contribution in [0.1, 0.15) is 12.0 Å². The summed E-state index contributed by atoms with van der Waals surface area (Å²) in [6.07, 6.45) is 1.83. The van der Waals surface area contributed by atoms with E-state index in [1.54, 1.807) is 21.3 Å². The minimum Gasteiger partial charge on any atom is -0.497 e. The molecule has 3 N–H and O–H groups in total. The molecule has 6 heteroatoms. The van der Waals surface area contributed by atoms with Gasteiger partial charge in [-0.15, -0.1) is 0 Å². The second-order valence-corrected chi connectivity index (χ2v) is 5.42. The number of nitrogens with one attached hydrogen (secondary N) is 1. The summed E-state index contributed by atoms with van der Waals surface area (Å²) in [5, 5.41) is 3.06. The van der Waals surface area contributed by atoms with Crippen LogP contribution in [0.15, 0.2) is 47.5 Å². The van der Waals surface area contributed by atoms with Crippen LogP contribution in [0.25, 0.3) is 0 Å². The maximum absolute atomic E-state index is 5.94. The Balaban J connectivity index is 1.85. The van der Waals surface area contributed by atoms with Crippen molar-refractivity contribution in [1.82, 2.24) is 0 Å². The average molecular weight is 343 g/mol. The van der Waals surface area contributed by atoms with Gasteiger partial charge in [0.1, 0.15) is 5.75 Å². The van der Waals surface area contributed by atoms with Crippen molar-refractivity contribution in [2.45, 2.75) is 12.8 Å². The third-order valence-electron chi connectivity index (χ3n) is 3.70. The lowest BCUT2D eigenvalue weighted by Gasteiger charge is -2.11. The Hall–Kier alpha value is -2.89. The van der Waals surface area contributed by atoms with Crippen molar-refractivity contribution in [3.63, 3.8) is 0 Å². The molecule has 2 aromatic carbocycles. The van der Waals surface area contributed by atoms with E-state index in [0.29, 0.717) is 24.0 Å². The molecule has 0 saturated heterocycles. The zero-order chi connectivity index (χ0) is 18.1. The number of benzene rings is 2. The number of aliphatic imine (C=N–C) groups is 1. The van der Waals surface area contributed by atoms with Crippen LogP contribution in [0.4, 0.5) is 5.69 Å². The number of anilines is 1. The van der Waals surface area contributed by atoms with E-state index < -0.39 is 0 Å². The van der Waals surface area contributed by atoms with Gasteiger partial charge in [0.2, 0.25) is 0 Å². The van der Waals surface area contributed by atoms with Crippen LogP contribution in [0.5, 0.6) is 17.2 Å². The summed E-state index contributed by atoms with van der Waals surface area (Å²) < 4.78 is 15.7. The standard InChI is InChI=1S/C19H25N3O3/c1-23-16-8-4-6-14(12-16)7-5-11-21-19(20)22-15-9-10-17(24-2)18(13-15)25-3/h4,6,8-10,12-13H,5,7,11H2,1-3H3,(H3,20,21,22). The van der Waals surface area contributed by atoms with Crippen molar-refractivity contribution >= 4 is 11.6 Å². The minimum absolute atomic E-state index is 0.373. The zero-order valence-corrected chi connectivity index (χ0v) is 14.9. The van der Waals surface area contributed by atoms with Crippen LogP contribution in [0.2, 0.25) is 0 Å². The van der Waals surface area contributed by atoms with Crippen LogP contribution in [0.3, 0.4) is 0 Å². The normalized spacial score (nSPS) is 11.1. The number of hydrogen-bond donors (Lipinski definition) is 2. The number of nitrogens with two attached hydrogens (primary N) is 1. The van der Waals surface area contributed by atoms with Crippen LogP contribution < -0.4 is 25.3 Å². The summed E-state index contributed by atoms with van der Waals surface area (Å²) in [6, 6.07) is 13.5. The molecule has 6 nitrogen and oxygen atoms in total. The fourth-order valence-electron chi connectivity index (χ4n) is 2.41. The third-order valence-corrected chi connectivity index (χ3v) is 3.70. The average Bonchev–Trinajstić information content (AvgIpc) is 2.65. The number of aryl methyl sites for hydroxylation is 1. The molecule has 0 fully saturated rings. The van der Waals surface area contributed by atoms with Crippen LogP contribution in [-0.2, 0) is 6.42 Å². The summed E-state index contributed by atoms with van der Waals surface area (Å²) in [5.41, 5.74) is 7.96. The molecule has 0 aliphatic heterocycles. The molecule has 0 aliphatic rings. The van der Waals surface area contributed by atoms with Crippen molar-refractivity contribution < 1.29 is 14.2 Å². The van der Waals surface area contributed by atoms with E-state index in [4.69, 9.17) is 19.9 Å². The second-order valence-electron chi connectivity index (χ2n) is 5.42. The van der Waals surface area contributed by atoms with Gasteiger partial charge in [0, 0.05) is 18.3 Å². The molecule has 2 rings (SSSR count). The molecule has 134 valence electrons. The largest absolute Gasteiger partial charge is 0.497 e. The third kappa shape index (κ3) is 5.60. The lowest BCUT2D eigenvalue weighted by molar-refractivity contribution is 0.355.